The Balaban J connectivity index is 2.00. The van der Waals surface area contributed by atoms with E-state index in [0.29, 0.717) is 5.92 Å². The van der Waals surface area contributed by atoms with Crippen LogP contribution in [-0.4, -0.2) is 35.6 Å². The van der Waals surface area contributed by atoms with Crippen LogP contribution >= 0.6 is 0 Å². The van der Waals surface area contributed by atoms with Gasteiger partial charge in [-0.3, -0.25) is 0 Å². The third-order valence-corrected chi connectivity index (χ3v) is 4.80. The van der Waals surface area contributed by atoms with E-state index >= 15 is 0 Å². The lowest BCUT2D eigenvalue weighted by Gasteiger charge is -2.51. The van der Waals surface area contributed by atoms with Crippen LogP contribution in [-0.2, 0) is 4.74 Å². The van der Waals surface area contributed by atoms with Crippen molar-refractivity contribution in [2.24, 2.45) is 17.3 Å². The smallest absolute Gasteiger partial charge is 0.0898 e. The molecular weight excluding hydrogens is 192 g/mol. The predicted molar refractivity (Wildman–Crippen MR) is 55.2 cm³/mol. The summed E-state index contributed by atoms with van der Waals surface area (Å²) in [6.07, 6.45) is 6.24. The molecular formula is C12H18O3. The van der Waals surface area contributed by atoms with Crippen molar-refractivity contribution < 1.29 is 14.9 Å². The SMILES string of the molecule is CO[C@@H]1CC[C@]23C=C[C@H](C[C@H]12)[C@H](O)[C@@H]3O. The third-order valence-electron chi connectivity index (χ3n) is 4.80. The second kappa shape index (κ2) is 3.06. The van der Waals surface area contributed by atoms with E-state index in [-0.39, 0.29) is 17.4 Å². The molecule has 2 bridgehead atoms. The molecule has 0 aromatic heterocycles. The van der Waals surface area contributed by atoms with E-state index in [2.05, 4.69) is 12.2 Å². The van der Waals surface area contributed by atoms with Crippen LogP contribution in [0.2, 0.25) is 0 Å². The van der Waals surface area contributed by atoms with Crippen LogP contribution in [0.3, 0.4) is 0 Å². The zero-order chi connectivity index (χ0) is 10.6. The number of fused-ring (bicyclic) bond motifs is 1. The predicted octanol–water partition coefficient (Wildman–Crippen LogP) is 0.709. The number of hydrogen-bond acceptors (Lipinski definition) is 3. The molecule has 2 N–H and O–H groups in total. The van der Waals surface area contributed by atoms with Gasteiger partial charge in [-0.05, 0) is 25.2 Å². The quantitative estimate of drug-likeness (QED) is 0.627. The van der Waals surface area contributed by atoms with Crippen LogP contribution in [0.25, 0.3) is 0 Å². The first-order valence-electron chi connectivity index (χ1n) is 5.77. The van der Waals surface area contributed by atoms with Crippen LogP contribution in [0, 0.1) is 17.3 Å². The molecule has 0 unspecified atom stereocenters. The van der Waals surface area contributed by atoms with Crippen molar-refractivity contribution in [2.45, 2.75) is 37.6 Å². The van der Waals surface area contributed by atoms with E-state index < -0.39 is 12.2 Å². The maximum atomic E-state index is 10.2. The van der Waals surface area contributed by atoms with Crippen LogP contribution in [0.1, 0.15) is 19.3 Å². The molecule has 84 valence electrons. The first-order chi connectivity index (χ1) is 7.19. The summed E-state index contributed by atoms with van der Waals surface area (Å²) in [5, 5.41) is 20.1. The maximum absolute atomic E-state index is 10.2. The Morgan fingerprint density at radius 1 is 1.40 bits per heavy atom. The second-order valence-corrected chi connectivity index (χ2v) is 5.23. The average molecular weight is 210 g/mol. The number of aliphatic hydroxyl groups is 2. The molecule has 4 aliphatic carbocycles. The molecule has 6 atom stereocenters. The van der Waals surface area contributed by atoms with Crippen molar-refractivity contribution >= 4 is 0 Å². The molecule has 4 rings (SSSR count). The molecule has 4 aliphatic rings. The Labute approximate surface area is 89.7 Å². The van der Waals surface area contributed by atoms with E-state index in [9.17, 15) is 10.2 Å². The molecule has 0 saturated heterocycles. The van der Waals surface area contributed by atoms with Crippen molar-refractivity contribution in [3.05, 3.63) is 12.2 Å². The minimum Gasteiger partial charge on any atom is -0.390 e. The van der Waals surface area contributed by atoms with Gasteiger partial charge in [0.2, 0.25) is 0 Å². The molecule has 0 aromatic carbocycles. The maximum Gasteiger partial charge on any atom is 0.0898 e. The summed E-state index contributed by atoms with van der Waals surface area (Å²) in [6, 6.07) is 0. The lowest BCUT2D eigenvalue weighted by atomic mass is 9.57. The normalized spacial score (nSPS) is 57.1. The Hall–Kier alpha value is -0.380. The van der Waals surface area contributed by atoms with Crippen LogP contribution in [0.5, 0.6) is 0 Å². The molecule has 0 aliphatic heterocycles. The Kier molecular flexibility index (Phi) is 2.00. The fourth-order valence-electron chi connectivity index (χ4n) is 3.93. The molecule has 3 nitrogen and oxygen atoms in total. The Morgan fingerprint density at radius 3 is 2.93 bits per heavy atom. The number of methoxy groups -OCH3 is 1. The summed E-state index contributed by atoms with van der Waals surface area (Å²) in [5.74, 6) is 0.526. The van der Waals surface area contributed by atoms with Gasteiger partial charge in [0, 0.05) is 18.4 Å². The van der Waals surface area contributed by atoms with Gasteiger partial charge in [0.25, 0.3) is 0 Å². The van der Waals surface area contributed by atoms with Crippen molar-refractivity contribution in [3.63, 3.8) is 0 Å². The standard InChI is InChI=1S/C12H18O3/c1-15-9-3-5-12-4-2-7(6-8(9)12)10(13)11(12)14/h2,4,7-11,13-14H,3,5-6H2,1H3/t7-,8-,9-,10+,11+,12-/m1/s1. The summed E-state index contributed by atoms with van der Waals surface area (Å²) in [5.41, 5.74) is -0.200. The molecule has 0 radical (unpaired) electrons. The van der Waals surface area contributed by atoms with Gasteiger partial charge in [-0.15, -0.1) is 0 Å². The van der Waals surface area contributed by atoms with E-state index in [1.54, 1.807) is 7.11 Å². The highest BCUT2D eigenvalue weighted by molar-refractivity contribution is 5.24. The molecule has 2 saturated carbocycles. The Bertz CT molecular complexity index is 301. The topological polar surface area (TPSA) is 49.7 Å². The van der Waals surface area contributed by atoms with Gasteiger partial charge in [-0.1, -0.05) is 12.2 Å². The fraction of sp³-hybridized carbons (Fsp3) is 0.833. The van der Waals surface area contributed by atoms with Crippen LogP contribution < -0.4 is 0 Å². The largest absolute Gasteiger partial charge is 0.390 e. The molecule has 15 heavy (non-hydrogen) atoms. The van der Waals surface area contributed by atoms with Gasteiger partial charge in [-0.25, -0.2) is 0 Å². The van der Waals surface area contributed by atoms with Crippen molar-refractivity contribution in [2.75, 3.05) is 7.11 Å². The molecule has 0 aromatic rings. The minimum atomic E-state index is -0.591. The molecule has 0 amide bonds. The van der Waals surface area contributed by atoms with Crippen molar-refractivity contribution in [3.8, 4) is 0 Å². The molecule has 1 spiro atoms. The first-order valence-corrected chi connectivity index (χ1v) is 5.77. The minimum absolute atomic E-state index is 0.127. The third kappa shape index (κ3) is 1.06. The summed E-state index contributed by atoms with van der Waals surface area (Å²) >= 11 is 0. The first kappa shape index (κ1) is 9.82. The van der Waals surface area contributed by atoms with Crippen LogP contribution in [0.4, 0.5) is 0 Å². The van der Waals surface area contributed by atoms with Crippen molar-refractivity contribution in [1.29, 1.82) is 0 Å². The summed E-state index contributed by atoms with van der Waals surface area (Å²) in [7, 11) is 1.75. The van der Waals surface area contributed by atoms with Gasteiger partial charge < -0.3 is 14.9 Å². The second-order valence-electron chi connectivity index (χ2n) is 5.23. The monoisotopic (exact) mass is 210 g/mol. The Morgan fingerprint density at radius 2 is 2.20 bits per heavy atom. The highest BCUT2D eigenvalue weighted by Gasteiger charge is 2.60. The fourth-order valence-corrected chi connectivity index (χ4v) is 3.93. The van der Waals surface area contributed by atoms with Gasteiger partial charge in [0.15, 0.2) is 0 Å². The zero-order valence-electron chi connectivity index (χ0n) is 8.97. The lowest BCUT2D eigenvalue weighted by molar-refractivity contribution is -0.135. The highest BCUT2D eigenvalue weighted by Crippen LogP contribution is 2.58. The van der Waals surface area contributed by atoms with E-state index in [0.717, 1.165) is 19.3 Å². The average Bonchev–Trinajstić information content (AvgIpc) is 2.64. The zero-order valence-corrected chi connectivity index (χ0v) is 8.97. The van der Waals surface area contributed by atoms with E-state index in [1.165, 1.54) is 0 Å². The summed E-state index contributed by atoms with van der Waals surface area (Å²) < 4.78 is 5.48. The molecule has 0 heterocycles. The number of aliphatic hydroxyl groups excluding tert-OH is 2. The number of hydrogen-bond donors (Lipinski definition) is 2. The highest BCUT2D eigenvalue weighted by atomic mass is 16.5. The number of ether oxygens (including phenoxy) is 1. The van der Waals surface area contributed by atoms with E-state index in [1.807, 2.05) is 0 Å². The summed E-state index contributed by atoms with van der Waals surface area (Å²) in [4.78, 5) is 0. The molecule has 2 fully saturated rings. The summed E-state index contributed by atoms with van der Waals surface area (Å²) in [6.45, 7) is 0. The van der Waals surface area contributed by atoms with Gasteiger partial charge in [0.1, 0.15) is 0 Å². The van der Waals surface area contributed by atoms with Crippen molar-refractivity contribution in [1.82, 2.24) is 0 Å². The van der Waals surface area contributed by atoms with E-state index in [4.69, 9.17) is 4.74 Å². The molecule has 3 heteroatoms. The van der Waals surface area contributed by atoms with Gasteiger partial charge in [-0.2, -0.15) is 0 Å². The van der Waals surface area contributed by atoms with Gasteiger partial charge in [0.05, 0.1) is 18.3 Å². The van der Waals surface area contributed by atoms with Crippen LogP contribution in [0.15, 0.2) is 12.2 Å². The van der Waals surface area contributed by atoms with Gasteiger partial charge >= 0.3 is 0 Å². The lowest BCUT2D eigenvalue weighted by Crippen LogP contribution is -2.56. The number of rotatable bonds is 1.